The highest BCUT2D eigenvalue weighted by molar-refractivity contribution is 7.47. The Morgan fingerprint density at radius 3 is 0.776 bits per heavy atom. The molecular weight excluding hydrogens is 1280 g/mol. The number of aliphatic hydroxyl groups excluding tert-OH is 1. The van der Waals surface area contributed by atoms with Crippen LogP contribution in [0.15, 0.2) is 0 Å². The van der Waals surface area contributed by atoms with E-state index >= 15 is 0 Å². The largest absolute Gasteiger partial charge is 0.472 e. The number of aliphatic hydroxyl groups is 1. The summed E-state index contributed by atoms with van der Waals surface area (Å²) in [6.45, 7) is 9.63. The normalized spacial score (nSPS) is 14.2. The van der Waals surface area contributed by atoms with Crippen molar-refractivity contribution >= 4 is 39.5 Å². The molecule has 3 unspecified atom stereocenters. The molecule has 0 amide bonds. The van der Waals surface area contributed by atoms with E-state index in [1.165, 1.54) is 231 Å². The molecule has 0 spiro atoms. The van der Waals surface area contributed by atoms with Crippen molar-refractivity contribution in [2.75, 3.05) is 39.6 Å². The number of hydrogen-bond acceptors (Lipinski definition) is 15. The number of phosphoric acid groups is 2. The van der Waals surface area contributed by atoms with Gasteiger partial charge < -0.3 is 33.8 Å². The molecule has 0 aromatic heterocycles. The SMILES string of the molecule is CCCCCCCCCCCCCCCCCCCCC(=O)OC[C@H](COP(=O)(O)OC[C@@H](O)COP(=O)(O)OC[C@@H](COC(=O)CCCCCCCCCCC)OC(=O)CCCCCCCCCCC(C)CC)OC(=O)CCCCCCCCCCCCCCCCCCC(C)C. The third-order valence-electron chi connectivity index (χ3n) is 18.8. The van der Waals surface area contributed by atoms with E-state index in [4.69, 9.17) is 37.0 Å². The van der Waals surface area contributed by atoms with Gasteiger partial charge in [-0.2, -0.15) is 0 Å². The molecule has 0 aromatic carbocycles. The number of carbonyl (C=O) groups excluding carboxylic acids is 4. The van der Waals surface area contributed by atoms with Gasteiger partial charge in [-0.05, 0) is 37.5 Å². The lowest BCUT2D eigenvalue weighted by Gasteiger charge is -2.21. The molecule has 3 N–H and O–H groups in total. The van der Waals surface area contributed by atoms with E-state index in [0.29, 0.717) is 25.7 Å². The molecule has 6 atom stereocenters. The first-order chi connectivity index (χ1) is 47.4. The summed E-state index contributed by atoms with van der Waals surface area (Å²) < 4.78 is 68.6. The number of phosphoric ester groups is 2. The van der Waals surface area contributed by atoms with Crippen LogP contribution in [0.25, 0.3) is 0 Å². The van der Waals surface area contributed by atoms with E-state index < -0.39 is 97.5 Å². The Kier molecular flexibility index (Phi) is 69.3. The highest BCUT2D eigenvalue weighted by Gasteiger charge is 2.30. The second-order valence-electron chi connectivity index (χ2n) is 29.2. The van der Waals surface area contributed by atoms with Crippen molar-refractivity contribution in [3.63, 3.8) is 0 Å². The van der Waals surface area contributed by atoms with E-state index in [1.54, 1.807) is 0 Å². The van der Waals surface area contributed by atoms with E-state index in [1.807, 2.05) is 0 Å². The van der Waals surface area contributed by atoms with Crippen molar-refractivity contribution in [2.24, 2.45) is 11.8 Å². The molecule has 17 nitrogen and oxygen atoms in total. The summed E-state index contributed by atoms with van der Waals surface area (Å²) in [5.41, 5.74) is 0. The van der Waals surface area contributed by atoms with Crippen LogP contribution in [0.5, 0.6) is 0 Å². The monoisotopic (exact) mass is 1440 g/mol. The standard InChI is InChI=1S/C79H154O17P2/c1-7-10-12-14-16-18-19-20-21-22-23-27-30-33-37-44-50-56-62-77(82)90-68-74(95-78(83)63-57-51-45-38-34-31-28-25-24-26-29-32-36-41-47-53-59-71(4)5)69-93-97(85,86)91-65-73(80)66-92-98(87,88)94-70-75(67-89-76(81)61-55-49-43-35-17-15-13-11-8-2)96-79(84)64-58-52-46-40-39-42-48-54-60-72(6)9-3/h71-75,80H,7-70H2,1-6H3,(H,85,86)(H,87,88)/t72?,73-,74-,75-/m1/s1. The van der Waals surface area contributed by atoms with Crippen LogP contribution in [0.1, 0.15) is 414 Å². The number of hydrogen-bond donors (Lipinski definition) is 3. The summed E-state index contributed by atoms with van der Waals surface area (Å²) >= 11 is 0. The van der Waals surface area contributed by atoms with E-state index in [2.05, 4.69) is 41.5 Å². The van der Waals surface area contributed by atoms with Crippen LogP contribution in [0.2, 0.25) is 0 Å². The fourth-order valence-corrected chi connectivity index (χ4v) is 13.7. The van der Waals surface area contributed by atoms with E-state index in [0.717, 1.165) is 102 Å². The molecule has 19 heteroatoms. The molecule has 98 heavy (non-hydrogen) atoms. The highest BCUT2D eigenvalue weighted by Crippen LogP contribution is 2.45. The molecule has 0 aliphatic heterocycles. The van der Waals surface area contributed by atoms with Gasteiger partial charge in [0, 0.05) is 25.7 Å². The fourth-order valence-electron chi connectivity index (χ4n) is 12.2. The predicted octanol–water partition coefficient (Wildman–Crippen LogP) is 23.5. The van der Waals surface area contributed by atoms with Crippen LogP contribution < -0.4 is 0 Å². The van der Waals surface area contributed by atoms with Gasteiger partial charge in [0.2, 0.25) is 0 Å². The summed E-state index contributed by atoms with van der Waals surface area (Å²) in [6.07, 6.45) is 59.7. The van der Waals surface area contributed by atoms with Crippen LogP contribution in [-0.4, -0.2) is 96.7 Å². The molecule has 0 radical (unpaired) electrons. The summed E-state index contributed by atoms with van der Waals surface area (Å²) in [6, 6.07) is 0. The smallest absolute Gasteiger partial charge is 0.462 e. The second-order valence-corrected chi connectivity index (χ2v) is 32.1. The zero-order chi connectivity index (χ0) is 72.1. The van der Waals surface area contributed by atoms with E-state index in [-0.39, 0.29) is 25.7 Å². The van der Waals surface area contributed by atoms with Crippen molar-refractivity contribution < 1.29 is 80.2 Å². The van der Waals surface area contributed by atoms with Crippen molar-refractivity contribution in [2.45, 2.75) is 432 Å². The first-order valence-corrected chi connectivity index (χ1v) is 44.0. The molecule has 0 fully saturated rings. The third kappa shape index (κ3) is 71.1. The minimum absolute atomic E-state index is 0.105. The van der Waals surface area contributed by atoms with Gasteiger partial charge in [-0.1, -0.05) is 363 Å². The van der Waals surface area contributed by atoms with E-state index in [9.17, 15) is 43.2 Å². The van der Waals surface area contributed by atoms with Crippen molar-refractivity contribution in [3.8, 4) is 0 Å². The molecule has 0 bridgehead atoms. The van der Waals surface area contributed by atoms with Crippen LogP contribution in [0.3, 0.4) is 0 Å². The lowest BCUT2D eigenvalue weighted by Crippen LogP contribution is -2.30. The molecule has 0 aliphatic carbocycles. The average Bonchev–Trinajstić information content (AvgIpc) is 0.953. The molecule has 0 saturated heterocycles. The van der Waals surface area contributed by atoms with Crippen LogP contribution >= 0.6 is 15.6 Å². The van der Waals surface area contributed by atoms with Gasteiger partial charge in [-0.3, -0.25) is 37.3 Å². The quantitative estimate of drug-likeness (QED) is 0.0222. The molecule has 582 valence electrons. The Morgan fingerprint density at radius 1 is 0.296 bits per heavy atom. The molecule has 0 saturated carbocycles. The first-order valence-electron chi connectivity index (χ1n) is 41.0. The lowest BCUT2D eigenvalue weighted by atomic mass is 9.99. The highest BCUT2D eigenvalue weighted by atomic mass is 31.2. The number of unbranched alkanes of at least 4 members (excludes halogenated alkanes) is 47. The maximum absolute atomic E-state index is 13.1. The molecule has 0 aliphatic rings. The van der Waals surface area contributed by atoms with Gasteiger partial charge in [0.05, 0.1) is 26.4 Å². The third-order valence-corrected chi connectivity index (χ3v) is 20.7. The Hall–Kier alpha value is -1.94. The minimum Gasteiger partial charge on any atom is -0.462 e. The predicted molar refractivity (Wildman–Crippen MR) is 400 cm³/mol. The van der Waals surface area contributed by atoms with Crippen molar-refractivity contribution in [1.82, 2.24) is 0 Å². The molecular formula is C79H154O17P2. The van der Waals surface area contributed by atoms with Gasteiger partial charge >= 0.3 is 39.5 Å². The zero-order valence-electron chi connectivity index (χ0n) is 64.1. The van der Waals surface area contributed by atoms with Crippen LogP contribution in [0.4, 0.5) is 0 Å². The molecule has 0 rings (SSSR count). The summed E-state index contributed by atoms with van der Waals surface area (Å²) in [5.74, 6) is -0.535. The molecule has 0 aromatic rings. The molecule has 0 heterocycles. The number of esters is 4. The maximum atomic E-state index is 13.1. The average molecular weight is 1440 g/mol. The lowest BCUT2D eigenvalue weighted by molar-refractivity contribution is -0.161. The van der Waals surface area contributed by atoms with Crippen LogP contribution in [0, 0.1) is 11.8 Å². The number of carbonyl (C=O) groups is 4. The van der Waals surface area contributed by atoms with Gasteiger partial charge in [0.15, 0.2) is 12.2 Å². The van der Waals surface area contributed by atoms with Gasteiger partial charge in [-0.15, -0.1) is 0 Å². The number of ether oxygens (including phenoxy) is 4. The van der Waals surface area contributed by atoms with Gasteiger partial charge in [0.1, 0.15) is 19.3 Å². The van der Waals surface area contributed by atoms with Crippen molar-refractivity contribution in [1.29, 1.82) is 0 Å². The van der Waals surface area contributed by atoms with Gasteiger partial charge in [-0.25, -0.2) is 9.13 Å². The van der Waals surface area contributed by atoms with Crippen LogP contribution in [-0.2, 0) is 65.4 Å². The fraction of sp³-hybridized carbons (Fsp3) is 0.949. The Balaban J connectivity index is 5.22. The summed E-state index contributed by atoms with van der Waals surface area (Å²) in [4.78, 5) is 72.9. The Labute approximate surface area is 600 Å². The number of rotatable bonds is 78. The summed E-state index contributed by atoms with van der Waals surface area (Å²) in [7, 11) is -9.91. The second kappa shape index (κ2) is 70.7. The Morgan fingerprint density at radius 2 is 0.520 bits per heavy atom. The maximum Gasteiger partial charge on any atom is 0.472 e. The topological polar surface area (TPSA) is 237 Å². The first kappa shape index (κ1) is 96.1. The Bertz CT molecular complexity index is 1890. The minimum atomic E-state index is -4.96. The van der Waals surface area contributed by atoms with Crippen molar-refractivity contribution in [3.05, 3.63) is 0 Å². The zero-order valence-corrected chi connectivity index (χ0v) is 65.9. The van der Waals surface area contributed by atoms with Gasteiger partial charge in [0.25, 0.3) is 0 Å². The summed E-state index contributed by atoms with van der Waals surface area (Å²) in [5, 5.41) is 10.6.